The van der Waals surface area contributed by atoms with Crippen LogP contribution in [0.1, 0.15) is 63.0 Å². The number of carbonyl (C=O) groups is 2. The number of hydrogen-bond donors (Lipinski definition) is 4. The third kappa shape index (κ3) is 7.71. The molecule has 3 rings (SSSR count). The van der Waals surface area contributed by atoms with Gasteiger partial charge in [-0.05, 0) is 74.3 Å². The van der Waals surface area contributed by atoms with E-state index >= 15 is 0 Å². The van der Waals surface area contributed by atoms with E-state index < -0.39 is 21.8 Å². The molecule has 196 valence electrons. The Kier molecular flexibility index (Phi) is 9.37. The Morgan fingerprint density at radius 2 is 1.64 bits per heavy atom. The Morgan fingerprint density at radius 3 is 2.22 bits per heavy atom. The number of urea groups is 1. The summed E-state index contributed by atoms with van der Waals surface area (Å²) in [5.41, 5.74) is 3.88. The highest BCUT2D eigenvalue weighted by Crippen LogP contribution is 2.33. The van der Waals surface area contributed by atoms with Gasteiger partial charge in [-0.25, -0.2) is 13.2 Å². The predicted octanol–water partition coefficient (Wildman–Crippen LogP) is 5.62. The van der Waals surface area contributed by atoms with E-state index in [4.69, 9.17) is 0 Å². The Hall–Kier alpha value is -3.07. The van der Waals surface area contributed by atoms with Gasteiger partial charge in [0.05, 0.1) is 29.3 Å². The van der Waals surface area contributed by atoms with E-state index in [1.54, 1.807) is 0 Å². The van der Waals surface area contributed by atoms with Crippen molar-refractivity contribution < 1.29 is 23.1 Å². The fourth-order valence-corrected chi connectivity index (χ4v) is 6.27. The summed E-state index contributed by atoms with van der Waals surface area (Å²) in [7, 11) is -2.96. The Labute approximate surface area is 213 Å². The maximum atomic E-state index is 12.9. The van der Waals surface area contributed by atoms with Gasteiger partial charge in [-0.3, -0.25) is 4.79 Å². The van der Waals surface area contributed by atoms with Crippen molar-refractivity contribution in [1.82, 2.24) is 0 Å². The third-order valence-electron chi connectivity index (χ3n) is 6.94. The molecule has 2 aromatic rings. The van der Waals surface area contributed by atoms with E-state index in [-0.39, 0.29) is 35.8 Å². The number of aryl methyl sites for hydroxylation is 1. The second kappa shape index (κ2) is 12.3. The van der Waals surface area contributed by atoms with Gasteiger partial charge >= 0.3 is 12.0 Å². The number of nitrogens with one attached hydrogen (secondary N) is 3. The fraction of sp³-hybridized carbons (Fsp3) is 0.481. The predicted molar refractivity (Wildman–Crippen MR) is 145 cm³/mol. The normalized spacial score (nSPS) is 17.1. The summed E-state index contributed by atoms with van der Waals surface area (Å²) in [5, 5.41) is 18.6. The number of rotatable bonds is 10. The largest absolute Gasteiger partial charge is 0.481 e. The van der Waals surface area contributed by atoms with Crippen LogP contribution in [-0.4, -0.2) is 43.1 Å². The Morgan fingerprint density at radius 1 is 0.972 bits per heavy atom. The molecule has 0 spiro atoms. The van der Waals surface area contributed by atoms with Gasteiger partial charge in [-0.1, -0.05) is 37.6 Å². The molecule has 1 fully saturated rings. The molecule has 1 aliphatic heterocycles. The van der Waals surface area contributed by atoms with Crippen LogP contribution in [0.25, 0.3) is 0 Å². The lowest BCUT2D eigenvalue weighted by atomic mass is 9.90. The lowest BCUT2D eigenvalue weighted by Crippen LogP contribution is -2.35. The van der Waals surface area contributed by atoms with Crippen molar-refractivity contribution in [2.45, 2.75) is 64.8 Å². The van der Waals surface area contributed by atoms with Crippen molar-refractivity contribution in [3.8, 4) is 0 Å². The highest BCUT2D eigenvalue weighted by Gasteiger charge is 2.29. The Balaban J connectivity index is 1.85. The fourth-order valence-electron chi connectivity index (χ4n) is 4.74. The van der Waals surface area contributed by atoms with Gasteiger partial charge in [0.25, 0.3) is 0 Å². The van der Waals surface area contributed by atoms with Crippen molar-refractivity contribution in [2.75, 3.05) is 27.5 Å². The second-order valence-electron chi connectivity index (χ2n) is 9.60. The van der Waals surface area contributed by atoms with Crippen molar-refractivity contribution in [2.24, 2.45) is 5.92 Å². The third-order valence-corrected chi connectivity index (χ3v) is 8.65. The van der Waals surface area contributed by atoms with Crippen molar-refractivity contribution in [1.29, 1.82) is 0 Å². The second-order valence-corrected chi connectivity index (χ2v) is 11.9. The molecule has 0 bridgehead atoms. The maximum Gasteiger partial charge on any atom is 0.323 e. The van der Waals surface area contributed by atoms with E-state index in [1.807, 2.05) is 56.3 Å². The summed E-state index contributed by atoms with van der Waals surface area (Å²) in [5.74, 6) is -0.432. The van der Waals surface area contributed by atoms with Crippen LogP contribution >= 0.6 is 0 Å². The first-order chi connectivity index (χ1) is 17.1. The first-order valence-corrected chi connectivity index (χ1v) is 14.4. The van der Waals surface area contributed by atoms with E-state index in [9.17, 15) is 23.1 Å². The van der Waals surface area contributed by atoms with Gasteiger partial charge in [0.2, 0.25) is 0 Å². The van der Waals surface area contributed by atoms with Crippen LogP contribution in [0.2, 0.25) is 0 Å². The molecule has 0 aliphatic carbocycles. The minimum atomic E-state index is -2.96. The lowest BCUT2D eigenvalue weighted by molar-refractivity contribution is -0.137. The number of benzene rings is 2. The summed E-state index contributed by atoms with van der Waals surface area (Å²) in [4.78, 5) is 24.2. The molecule has 8 nitrogen and oxygen atoms in total. The lowest BCUT2D eigenvalue weighted by Gasteiger charge is -2.31. The summed E-state index contributed by atoms with van der Waals surface area (Å²) >= 11 is 0. The number of amides is 2. The summed E-state index contributed by atoms with van der Waals surface area (Å²) in [6.07, 6.45) is 2.69. The number of carboxylic acid groups (broad SMARTS) is 1. The molecule has 1 saturated heterocycles. The molecule has 36 heavy (non-hydrogen) atoms. The van der Waals surface area contributed by atoms with E-state index in [2.05, 4.69) is 22.9 Å². The molecule has 4 N–H and O–H groups in total. The number of hydrogen-bond acceptors (Lipinski definition) is 5. The van der Waals surface area contributed by atoms with E-state index in [0.717, 1.165) is 23.2 Å². The molecule has 2 aromatic carbocycles. The van der Waals surface area contributed by atoms with E-state index in [0.29, 0.717) is 30.6 Å². The van der Waals surface area contributed by atoms with Gasteiger partial charge in [0.1, 0.15) is 9.84 Å². The SMILES string of the molecule is CCC(CC(=O)O)c1ccc(NC(CC)C2CCS(=O)(=O)CC2)c(NC(=O)Nc2ccc(C)cc2)c1. The number of anilines is 3. The van der Waals surface area contributed by atoms with Gasteiger partial charge in [0.15, 0.2) is 0 Å². The highest BCUT2D eigenvalue weighted by molar-refractivity contribution is 7.91. The molecular weight excluding hydrogens is 478 g/mol. The minimum absolute atomic E-state index is 0.00636. The van der Waals surface area contributed by atoms with Crippen LogP contribution in [0.3, 0.4) is 0 Å². The highest BCUT2D eigenvalue weighted by atomic mass is 32.2. The van der Waals surface area contributed by atoms with Gasteiger partial charge in [0, 0.05) is 11.7 Å². The zero-order chi connectivity index (χ0) is 26.3. The van der Waals surface area contributed by atoms with Gasteiger partial charge in [-0.15, -0.1) is 0 Å². The quantitative estimate of drug-likeness (QED) is 0.325. The maximum absolute atomic E-state index is 12.9. The smallest absolute Gasteiger partial charge is 0.323 e. The monoisotopic (exact) mass is 515 g/mol. The first-order valence-electron chi connectivity index (χ1n) is 12.6. The average Bonchev–Trinajstić information content (AvgIpc) is 2.83. The minimum Gasteiger partial charge on any atom is -0.481 e. The average molecular weight is 516 g/mol. The van der Waals surface area contributed by atoms with Gasteiger partial charge < -0.3 is 21.1 Å². The molecule has 0 radical (unpaired) electrons. The van der Waals surface area contributed by atoms with Crippen LogP contribution in [-0.2, 0) is 14.6 Å². The van der Waals surface area contributed by atoms with Crippen molar-refractivity contribution in [3.63, 3.8) is 0 Å². The van der Waals surface area contributed by atoms with Crippen LogP contribution in [0.4, 0.5) is 21.9 Å². The summed E-state index contributed by atoms with van der Waals surface area (Å²) in [6.45, 7) is 5.98. The number of carbonyl (C=O) groups excluding carboxylic acids is 1. The number of sulfone groups is 1. The van der Waals surface area contributed by atoms with Crippen molar-refractivity contribution in [3.05, 3.63) is 53.6 Å². The molecule has 2 unspecified atom stereocenters. The number of aliphatic carboxylic acids is 1. The zero-order valence-corrected chi connectivity index (χ0v) is 22.0. The molecular formula is C27H37N3O5S. The molecule has 2 atom stereocenters. The van der Waals surface area contributed by atoms with Gasteiger partial charge in [-0.2, -0.15) is 0 Å². The van der Waals surface area contributed by atoms with Crippen LogP contribution in [0.15, 0.2) is 42.5 Å². The molecule has 9 heteroatoms. The van der Waals surface area contributed by atoms with E-state index in [1.165, 1.54) is 0 Å². The van der Waals surface area contributed by atoms with Crippen LogP contribution in [0.5, 0.6) is 0 Å². The molecule has 1 aliphatic rings. The first kappa shape index (κ1) is 27.5. The zero-order valence-electron chi connectivity index (χ0n) is 21.2. The summed E-state index contributed by atoms with van der Waals surface area (Å²) < 4.78 is 23.8. The van der Waals surface area contributed by atoms with Crippen LogP contribution < -0.4 is 16.0 Å². The molecule has 1 heterocycles. The van der Waals surface area contributed by atoms with Crippen LogP contribution in [0, 0.1) is 12.8 Å². The summed E-state index contributed by atoms with van der Waals surface area (Å²) in [6, 6.07) is 12.8. The molecule has 0 saturated carbocycles. The standard InChI is InChI=1S/C27H37N3O5S/c1-4-19(17-26(31)32)21-8-11-24(29-23(5-2)20-12-14-36(34,35)15-13-20)25(16-21)30-27(33)28-22-9-6-18(3)7-10-22/h6-11,16,19-20,23,29H,4-5,12-15,17H2,1-3H3,(H,31,32)(H2,28,30,33). The molecule has 0 aromatic heterocycles. The topological polar surface area (TPSA) is 125 Å². The molecule has 2 amide bonds. The number of carboxylic acids is 1. The Bertz CT molecular complexity index is 1150. The van der Waals surface area contributed by atoms with Crippen molar-refractivity contribution >= 4 is 38.9 Å².